The zero-order valence-electron chi connectivity index (χ0n) is 65.1. The lowest BCUT2D eigenvalue weighted by molar-refractivity contribution is 0.609. The van der Waals surface area contributed by atoms with E-state index in [1.165, 1.54) is 295 Å². The summed E-state index contributed by atoms with van der Waals surface area (Å²) in [5.41, 5.74) is 21.5. The number of nitrogens with zero attached hydrogens (tertiary/aromatic N) is 4. The van der Waals surface area contributed by atoms with Gasteiger partial charge in [0.25, 0.3) is 0 Å². The van der Waals surface area contributed by atoms with Crippen LogP contribution in [0.25, 0.3) is 48.6 Å². The van der Waals surface area contributed by atoms with E-state index >= 15 is 0 Å². The molecule has 0 aromatic heterocycles. The Morgan fingerprint density at radius 2 is 0.360 bits per heavy atom. The van der Waals surface area contributed by atoms with Crippen LogP contribution in [0.4, 0.5) is 22.7 Å². The molecule has 0 radical (unpaired) electrons. The molecular weight excluding hydrogens is 1210 g/mol. The second-order valence-electron chi connectivity index (χ2n) is 29.6. The van der Waals surface area contributed by atoms with Crippen LogP contribution in [0.5, 0.6) is 0 Å². The highest BCUT2D eigenvalue weighted by Crippen LogP contribution is 2.32. The number of benzene rings is 6. The minimum absolute atomic E-state index is 0.936. The Morgan fingerprint density at radius 1 is 0.200 bits per heavy atom. The van der Waals surface area contributed by atoms with Crippen molar-refractivity contribution in [3.05, 3.63) is 188 Å². The maximum absolute atomic E-state index is 2.67. The van der Waals surface area contributed by atoms with E-state index < -0.39 is 0 Å². The lowest BCUT2D eigenvalue weighted by atomic mass is 9.86. The van der Waals surface area contributed by atoms with Crippen LogP contribution in [0, 0.1) is 0 Å². The third kappa shape index (κ3) is 29.4. The molecule has 10 rings (SSSR count). The topological polar surface area (TPSA) is 13.0 Å². The van der Waals surface area contributed by atoms with E-state index in [-0.39, 0.29) is 0 Å². The quantitative estimate of drug-likeness (QED) is 0.0279. The van der Waals surface area contributed by atoms with Crippen molar-refractivity contribution in [3.8, 4) is 0 Å². The van der Waals surface area contributed by atoms with Gasteiger partial charge in [-0.15, -0.1) is 0 Å². The van der Waals surface area contributed by atoms with Gasteiger partial charge >= 0.3 is 0 Å². The third-order valence-corrected chi connectivity index (χ3v) is 21.2. The van der Waals surface area contributed by atoms with Gasteiger partial charge < -0.3 is 19.6 Å². The largest absolute Gasteiger partial charge is 0.372 e. The van der Waals surface area contributed by atoms with Crippen LogP contribution >= 0.6 is 0 Å². The van der Waals surface area contributed by atoms with Crippen molar-refractivity contribution in [1.82, 2.24) is 0 Å². The molecule has 0 saturated heterocycles. The molecule has 4 heteroatoms. The molecule has 6 aromatic carbocycles. The van der Waals surface area contributed by atoms with Crippen LogP contribution in [-0.4, -0.2) is 52.4 Å². The maximum atomic E-state index is 2.67. The number of hydrogen-bond acceptors (Lipinski definition) is 4. The van der Waals surface area contributed by atoms with Crippen molar-refractivity contribution in [2.45, 2.75) is 287 Å². The fraction of sp³-hybridized carbons (Fsp3) is 0.542. The second kappa shape index (κ2) is 49.2. The van der Waals surface area contributed by atoms with Crippen molar-refractivity contribution in [3.63, 3.8) is 0 Å². The average molecular weight is 1350 g/mol. The highest BCUT2D eigenvalue weighted by Gasteiger charge is 2.17. The fourth-order valence-corrected chi connectivity index (χ4v) is 14.7. The Hall–Kier alpha value is -6.52. The Kier molecular flexibility index (Phi) is 39.7. The van der Waals surface area contributed by atoms with Crippen LogP contribution in [-0.2, 0) is 25.7 Å². The molecule has 0 amide bonds. The summed E-state index contributed by atoms with van der Waals surface area (Å²) in [5.74, 6) is 0. The van der Waals surface area contributed by atoms with Gasteiger partial charge in [-0.25, -0.2) is 0 Å². The van der Waals surface area contributed by atoms with E-state index in [0.29, 0.717) is 0 Å². The predicted octanol–water partition coefficient (Wildman–Crippen LogP) is 28.1. The first-order valence-corrected chi connectivity index (χ1v) is 41.7. The molecule has 0 fully saturated rings. The Morgan fingerprint density at radius 3 is 0.510 bits per heavy atom. The van der Waals surface area contributed by atoms with Gasteiger partial charge in [0.1, 0.15) is 0 Å². The zero-order valence-corrected chi connectivity index (χ0v) is 65.1. The second-order valence-corrected chi connectivity index (χ2v) is 29.6. The first-order chi connectivity index (χ1) is 49.3. The molecule has 4 aliphatic rings. The van der Waals surface area contributed by atoms with E-state index in [1.54, 1.807) is 0 Å². The van der Waals surface area contributed by atoms with Crippen LogP contribution in [0.3, 0.4) is 0 Å². The van der Waals surface area contributed by atoms with E-state index in [2.05, 4.69) is 245 Å². The minimum Gasteiger partial charge on any atom is -0.372 e. The van der Waals surface area contributed by atoms with Crippen molar-refractivity contribution in [2.24, 2.45) is 0 Å². The third-order valence-electron chi connectivity index (χ3n) is 21.2. The van der Waals surface area contributed by atoms with Crippen molar-refractivity contribution in [2.75, 3.05) is 72.0 Å². The van der Waals surface area contributed by atoms with Gasteiger partial charge in [-0.05, 0) is 192 Å². The fourth-order valence-electron chi connectivity index (χ4n) is 14.7. The Labute approximate surface area is 614 Å². The first kappa shape index (κ1) is 80.8. The summed E-state index contributed by atoms with van der Waals surface area (Å²) < 4.78 is 0. The summed E-state index contributed by atoms with van der Waals surface area (Å²) in [4.78, 5) is 10.7. The molecular formula is C96H140N4. The molecule has 4 nitrogen and oxygen atoms in total. The standard InChI is InChI=1S/C96H140N4/c1-9-17-25-33-69-97(70-34-26-18-10-2)93-61-45-81(46-62-93)41-53-85-77-90-59-60-92-80-87(55-43-83-49-65-95(66-50-83)99(73-37-29-21-13-5)74-38-30-22-14-6)91(79-88(92)56-44-84-51-67-96(68-52-84)100(75-39-31-23-15-7)76-40-32-24-16-8)58-57-89(85)78-86(90)54-42-82-47-63-94(64-48-82)98(71-35-27-19-11-3)72-36-28-20-12-4/h41-56,61-68,77-80H,9-40,57-60,69-76H2,1-8H3/b53-41+,54-42+,55-43+,56-44+. The van der Waals surface area contributed by atoms with Gasteiger partial charge in [-0.2, -0.15) is 0 Å². The number of unbranched alkanes of at least 4 members (excludes halogenated alkanes) is 24. The minimum atomic E-state index is 0.936. The molecule has 100 heavy (non-hydrogen) atoms. The summed E-state index contributed by atoms with van der Waals surface area (Å²) in [7, 11) is 0. The van der Waals surface area contributed by atoms with Gasteiger partial charge in [0.05, 0.1) is 0 Å². The Bertz CT molecular complexity index is 2750. The van der Waals surface area contributed by atoms with Gasteiger partial charge in [-0.1, -0.05) is 331 Å². The van der Waals surface area contributed by atoms with Crippen LogP contribution in [0.2, 0.25) is 0 Å². The number of anilines is 4. The highest BCUT2D eigenvalue weighted by molar-refractivity contribution is 5.80. The number of rotatable bonds is 52. The molecule has 544 valence electrons. The van der Waals surface area contributed by atoms with Gasteiger partial charge in [0.2, 0.25) is 0 Å². The van der Waals surface area contributed by atoms with Crippen LogP contribution in [0.15, 0.2) is 121 Å². The van der Waals surface area contributed by atoms with Crippen molar-refractivity contribution < 1.29 is 0 Å². The van der Waals surface area contributed by atoms with Crippen molar-refractivity contribution >= 4 is 71.4 Å². The molecule has 0 unspecified atom stereocenters. The summed E-state index contributed by atoms with van der Waals surface area (Å²) >= 11 is 0. The summed E-state index contributed by atoms with van der Waals surface area (Å²) in [6.07, 6.45) is 64.5. The zero-order chi connectivity index (χ0) is 70.5. The molecule has 0 saturated carbocycles. The molecule has 0 heterocycles. The smallest absolute Gasteiger partial charge is 0.0366 e. The SMILES string of the molecule is CCCCCCN(CCCCCC)c1ccc(/C=C/c2cc3c(/C=C/c4ccc(N(CCCCCC)CCCCCC)cc4)cc2CCc2cc(/C=C/c4ccc(N(CCCCCC)CCCCCC)cc4)c(cc2/C=C/c2ccc(N(CCCCCC)CCCCCC)cc2)CC3)cc1. The lowest BCUT2D eigenvalue weighted by Gasteiger charge is -2.25. The molecule has 6 aromatic rings. The number of hydrogen-bond donors (Lipinski definition) is 0. The Balaban J connectivity index is 1.26. The predicted molar refractivity (Wildman–Crippen MR) is 451 cm³/mol. The summed E-state index contributed by atoms with van der Waals surface area (Å²) in [5, 5.41) is 0. The van der Waals surface area contributed by atoms with Gasteiger partial charge in [-0.3, -0.25) is 0 Å². The van der Waals surface area contributed by atoms with Crippen LogP contribution < -0.4 is 19.6 Å². The van der Waals surface area contributed by atoms with E-state index in [4.69, 9.17) is 0 Å². The van der Waals surface area contributed by atoms with Gasteiger partial charge in [0.15, 0.2) is 0 Å². The molecule has 4 bridgehead atoms. The highest BCUT2D eigenvalue weighted by atomic mass is 15.1. The normalized spacial score (nSPS) is 12.5. The molecule has 4 aliphatic carbocycles. The first-order valence-electron chi connectivity index (χ1n) is 41.7. The molecule has 0 spiro atoms. The molecule has 0 atom stereocenters. The van der Waals surface area contributed by atoms with Gasteiger partial charge in [0, 0.05) is 75.1 Å². The van der Waals surface area contributed by atoms with E-state index in [1.807, 2.05) is 0 Å². The van der Waals surface area contributed by atoms with E-state index in [9.17, 15) is 0 Å². The lowest BCUT2D eigenvalue weighted by Crippen LogP contribution is -2.25. The summed E-state index contributed by atoms with van der Waals surface area (Å²) in [6, 6.07) is 48.3. The average Bonchev–Trinajstić information content (AvgIpc) is 0.798. The molecule has 0 aliphatic heterocycles. The van der Waals surface area contributed by atoms with Crippen LogP contribution in [0.1, 0.15) is 328 Å². The van der Waals surface area contributed by atoms with Crippen molar-refractivity contribution in [1.29, 1.82) is 0 Å². The maximum Gasteiger partial charge on any atom is 0.0366 e. The number of aryl methyl sites for hydroxylation is 4. The summed E-state index contributed by atoms with van der Waals surface area (Å²) in [6.45, 7) is 27.7. The monoisotopic (exact) mass is 1350 g/mol. The molecule has 0 N–H and O–H groups in total. The van der Waals surface area contributed by atoms with E-state index in [0.717, 1.165) is 78.0 Å².